The van der Waals surface area contributed by atoms with Crippen molar-refractivity contribution in [3.63, 3.8) is 0 Å². The van der Waals surface area contributed by atoms with E-state index >= 15 is 0 Å². The first-order valence-electron chi connectivity index (χ1n) is 3.37. The first-order chi connectivity index (χ1) is 4.35. The molecule has 2 unspecified atom stereocenters. The zero-order chi connectivity index (χ0) is 7.11. The van der Waals surface area contributed by atoms with E-state index < -0.39 is 8.69 Å². The molecule has 0 aromatic carbocycles. The smallest absolute Gasteiger partial charge is 0.145 e. The Morgan fingerprint density at radius 3 is 2.40 bits per heavy atom. The van der Waals surface area contributed by atoms with Crippen molar-refractivity contribution in [1.82, 2.24) is 0 Å². The maximum atomic E-state index is 9.98. The van der Waals surface area contributed by atoms with Gasteiger partial charge in [0.05, 0.1) is 0 Å². The molecule has 0 radical (unpaired) electrons. The van der Waals surface area contributed by atoms with Gasteiger partial charge in [0, 0.05) is 21.7 Å². The first-order valence-corrected chi connectivity index (χ1v) is 4.19. The molecule has 0 bridgehead atoms. The summed E-state index contributed by atoms with van der Waals surface area (Å²) in [5.74, 6) is 0. The van der Waals surface area contributed by atoms with Crippen LogP contribution in [-0.2, 0) is 30.8 Å². The van der Waals surface area contributed by atoms with Crippen molar-refractivity contribution >= 4 is 8.69 Å². The fraction of sp³-hybridized carbons (Fsp3) is 1.00. The van der Waals surface area contributed by atoms with Gasteiger partial charge in [0.25, 0.3) is 0 Å². The molecule has 2 atom stereocenters. The molecular formula is C6H14O2PTi+. The average Bonchev–Trinajstić information content (AvgIpc) is 1.88. The largest absolute Gasteiger partial charge is 0.494 e. The molecule has 0 fully saturated rings. The van der Waals surface area contributed by atoms with Crippen LogP contribution in [0, 0.1) is 0 Å². The first kappa shape index (κ1) is 13.4. The molecule has 0 saturated heterocycles. The summed E-state index contributed by atoms with van der Waals surface area (Å²) < 4.78 is 14.9. The average molecular weight is 197 g/mol. The molecule has 10 heavy (non-hydrogen) atoms. The van der Waals surface area contributed by atoms with Gasteiger partial charge in [-0.05, 0) is 17.4 Å². The summed E-state index contributed by atoms with van der Waals surface area (Å²) in [4.78, 5) is 0. The summed E-state index contributed by atoms with van der Waals surface area (Å²) in [7, 11) is -0.595. The van der Waals surface area contributed by atoms with Gasteiger partial charge in [-0.25, -0.2) is 0 Å². The summed E-state index contributed by atoms with van der Waals surface area (Å²) >= 11 is 0. The summed E-state index contributed by atoms with van der Waals surface area (Å²) in [5.41, 5.74) is 0. The Labute approximate surface area is 78.9 Å². The molecule has 0 amide bonds. The SMILES string of the molecule is CCCC(CC)O[PH+]=O.[Ti]. The summed E-state index contributed by atoms with van der Waals surface area (Å²) in [6.45, 7) is 4.14. The molecule has 0 spiro atoms. The van der Waals surface area contributed by atoms with Gasteiger partial charge < -0.3 is 0 Å². The van der Waals surface area contributed by atoms with Gasteiger partial charge in [-0.1, -0.05) is 20.3 Å². The van der Waals surface area contributed by atoms with Crippen molar-refractivity contribution in [2.45, 2.75) is 39.2 Å². The van der Waals surface area contributed by atoms with Crippen LogP contribution in [-0.4, -0.2) is 6.10 Å². The second kappa shape index (κ2) is 9.77. The van der Waals surface area contributed by atoms with Crippen LogP contribution >= 0.6 is 8.69 Å². The van der Waals surface area contributed by atoms with E-state index in [1.54, 1.807) is 0 Å². The van der Waals surface area contributed by atoms with E-state index in [1.807, 2.05) is 6.92 Å². The van der Waals surface area contributed by atoms with Crippen molar-refractivity contribution in [2.75, 3.05) is 0 Å². The second-order valence-electron chi connectivity index (χ2n) is 2.02. The summed E-state index contributed by atoms with van der Waals surface area (Å²) in [6, 6.07) is 0. The Morgan fingerprint density at radius 1 is 1.50 bits per heavy atom. The zero-order valence-corrected chi connectivity index (χ0v) is 9.08. The van der Waals surface area contributed by atoms with Crippen LogP contribution in [0.2, 0.25) is 0 Å². The van der Waals surface area contributed by atoms with E-state index in [0.29, 0.717) is 0 Å². The molecule has 2 nitrogen and oxygen atoms in total. The fourth-order valence-electron chi connectivity index (χ4n) is 0.736. The van der Waals surface area contributed by atoms with Crippen molar-refractivity contribution in [3.8, 4) is 0 Å². The molecule has 0 aromatic heterocycles. The van der Waals surface area contributed by atoms with Crippen LogP contribution in [0.3, 0.4) is 0 Å². The molecule has 0 saturated carbocycles. The molecule has 0 aliphatic heterocycles. The Balaban J connectivity index is 0. The van der Waals surface area contributed by atoms with Gasteiger partial charge in [0.1, 0.15) is 6.10 Å². The van der Waals surface area contributed by atoms with E-state index in [9.17, 15) is 4.57 Å². The Kier molecular flexibility index (Phi) is 13.1. The summed E-state index contributed by atoms with van der Waals surface area (Å²) in [6.07, 6.45) is 3.29. The molecule has 0 rings (SSSR count). The topological polar surface area (TPSA) is 26.3 Å². The van der Waals surface area contributed by atoms with E-state index in [1.165, 1.54) is 0 Å². The molecule has 0 aliphatic carbocycles. The normalized spacial score (nSPS) is 12.6. The van der Waals surface area contributed by atoms with E-state index in [2.05, 4.69) is 6.92 Å². The van der Waals surface area contributed by atoms with Crippen LogP contribution < -0.4 is 0 Å². The predicted molar refractivity (Wildman–Crippen MR) is 39.1 cm³/mol. The van der Waals surface area contributed by atoms with Crippen molar-refractivity contribution in [1.29, 1.82) is 0 Å². The van der Waals surface area contributed by atoms with Gasteiger partial charge in [0.15, 0.2) is 0 Å². The standard InChI is InChI=1S/C6H14O2P.Ti/c1-3-5-6(4-2)8-9-7;/h6,9H,3-5H2,1-2H3;/q+1;. The molecular weight excluding hydrogens is 183 g/mol. The third-order valence-corrected chi connectivity index (χ3v) is 1.71. The van der Waals surface area contributed by atoms with Crippen LogP contribution in [0.1, 0.15) is 33.1 Å². The van der Waals surface area contributed by atoms with Crippen molar-refractivity contribution in [3.05, 3.63) is 0 Å². The van der Waals surface area contributed by atoms with Crippen molar-refractivity contribution < 1.29 is 30.8 Å². The minimum Gasteiger partial charge on any atom is -0.145 e. The van der Waals surface area contributed by atoms with Crippen LogP contribution in [0.25, 0.3) is 0 Å². The Morgan fingerprint density at radius 2 is 2.10 bits per heavy atom. The third kappa shape index (κ3) is 6.89. The predicted octanol–water partition coefficient (Wildman–Crippen LogP) is 2.52. The maximum absolute atomic E-state index is 9.98. The molecule has 0 N–H and O–H groups in total. The maximum Gasteiger partial charge on any atom is 0.494 e. The molecule has 0 aromatic rings. The Bertz CT molecular complexity index is 80.1. The summed E-state index contributed by atoms with van der Waals surface area (Å²) in [5, 5.41) is 0. The minimum atomic E-state index is -0.595. The van der Waals surface area contributed by atoms with Gasteiger partial charge in [-0.3, -0.25) is 0 Å². The zero-order valence-electron chi connectivity index (χ0n) is 6.52. The van der Waals surface area contributed by atoms with Gasteiger partial charge >= 0.3 is 8.69 Å². The molecule has 0 aliphatic rings. The van der Waals surface area contributed by atoms with E-state index in [4.69, 9.17) is 4.52 Å². The fourth-order valence-corrected chi connectivity index (χ4v) is 1.16. The van der Waals surface area contributed by atoms with Gasteiger partial charge in [0.2, 0.25) is 0 Å². The molecule has 4 heteroatoms. The van der Waals surface area contributed by atoms with Crippen LogP contribution in [0.4, 0.5) is 0 Å². The van der Waals surface area contributed by atoms with Gasteiger partial charge in [-0.15, -0.1) is 4.52 Å². The minimum absolute atomic E-state index is 0. The Hall–Kier alpha value is 0.774. The van der Waals surface area contributed by atoms with E-state index in [0.717, 1.165) is 19.3 Å². The van der Waals surface area contributed by atoms with Crippen LogP contribution in [0.15, 0.2) is 0 Å². The third-order valence-electron chi connectivity index (χ3n) is 1.28. The second-order valence-corrected chi connectivity index (χ2v) is 2.42. The van der Waals surface area contributed by atoms with Crippen molar-refractivity contribution in [2.24, 2.45) is 0 Å². The quantitative estimate of drug-likeness (QED) is 0.499. The number of rotatable bonds is 5. The molecule has 0 heterocycles. The molecule has 58 valence electrons. The van der Waals surface area contributed by atoms with Gasteiger partial charge in [-0.2, -0.15) is 0 Å². The monoisotopic (exact) mass is 197 g/mol. The number of hydrogen-bond donors (Lipinski definition) is 0. The van der Waals surface area contributed by atoms with E-state index in [-0.39, 0.29) is 27.8 Å². The number of hydrogen-bond acceptors (Lipinski definition) is 2. The van der Waals surface area contributed by atoms with Crippen LogP contribution in [0.5, 0.6) is 0 Å².